The summed E-state index contributed by atoms with van der Waals surface area (Å²) in [7, 11) is 0. The van der Waals surface area contributed by atoms with Crippen LogP contribution in [0.5, 0.6) is 0 Å². The molecule has 2 rings (SSSR count). The highest BCUT2D eigenvalue weighted by Crippen LogP contribution is 2.30. The third kappa shape index (κ3) is 2.50. The zero-order chi connectivity index (χ0) is 12.4. The molecular weight excluding hydrogens is 228 g/mol. The van der Waals surface area contributed by atoms with Crippen LogP contribution in [0.1, 0.15) is 36.6 Å². The van der Waals surface area contributed by atoms with Gasteiger partial charge in [0, 0.05) is 10.4 Å². The molecule has 2 aromatic rings. The quantitative estimate of drug-likeness (QED) is 0.881. The number of hydrogen-bond acceptors (Lipinski definition) is 3. The molecule has 0 bridgehead atoms. The van der Waals surface area contributed by atoms with Crippen LogP contribution in [0.15, 0.2) is 24.3 Å². The van der Waals surface area contributed by atoms with Crippen molar-refractivity contribution < 1.29 is 0 Å². The lowest BCUT2D eigenvalue weighted by molar-refractivity contribution is 0.734. The third-order valence-corrected chi connectivity index (χ3v) is 3.98. The van der Waals surface area contributed by atoms with Gasteiger partial charge in [-0.1, -0.05) is 38.1 Å². The summed E-state index contributed by atoms with van der Waals surface area (Å²) in [5.74, 6) is 0.616. The van der Waals surface area contributed by atoms with Crippen LogP contribution in [0.2, 0.25) is 0 Å². The number of nitrogens with zero attached hydrogens (tertiary/aromatic N) is 1. The summed E-state index contributed by atoms with van der Waals surface area (Å²) in [6.07, 6.45) is 1.17. The lowest BCUT2D eigenvalue weighted by atomic mass is 9.97. The summed E-state index contributed by atoms with van der Waals surface area (Å²) in [6.45, 7) is 6.52. The fourth-order valence-corrected chi connectivity index (χ4v) is 2.60. The van der Waals surface area contributed by atoms with Crippen molar-refractivity contribution in [1.82, 2.24) is 4.98 Å². The van der Waals surface area contributed by atoms with E-state index in [1.165, 1.54) is 16.9 Å². The van der Waals surface area contributed by atoms with E-state index in [0.717, 1.165) is 11.3 Å². The van der Waals surface area contributed by atoms with Gasteiger partial charge in [-0.3, -0.25) is 0 Å². The van der Waals surface area contributed by atoms with Crippen LogP contribution in [0.4, 0.5) is 5.13 Å². The lowest BCUT2D eigenvalue weighted by Gasteiger charge is -2.09. The Bertz CT molecular complexity index is 499. The van der Waals surface area contributed by atoms with Crippen molar-refractivity contribution in [1.29, 1.82) is 0 Å². The molecule has 3 heteroatoms. The van der Waals surface area contributed by atoms with E-state index in [0.29, 0.717) is 11.0 Å². The SMILES string of the molecule is CCC(C)c1ccc(-c2nc(N)sc2C)cc1. The zero-order valence-electron chi connectivity index (χ0n) is 10.5. The molecule has 0 fully saturated rings. The van der Waals surface area contributed by atoms with Gasteiger partial charge in [0.25, 0.3) is 0 Å². The lowest BCUT2D eigenvalue weighted by Crippen LogP contribution is -1.91. The van der Waals surface area contributed by atoms with Crippen LogP contribution < -0.4 is 5.73 Å². The second kappa shape index (κ2) is 4.88. The van der Waals surface area contributed by atoms with Gasteiger partial charge in [0.2, 0.25) is 0 Å². The summed E-state index contributed by atoms with van der Waals surface area (Å²) in [5, 5.41) is 0.642. The van der Waals surface area contributed by atoms with Crippen molar-refractivity contribution >= 4 is 16.5 Å². The number of anilines is 1. The minimum atomic E-state index is 0.616. The molecule has 17 heavy (non-hydrogen) atoms. The fraction of sp³-hybridized carbons (Fsp3) is 0.357. The van der Waals surface area contributed by atoms with Gasteiger partial charge >= 0.3 is 0 Å². The number of hydrogen-bond donors (Lipinski definition) is 1. The van der Waals surface area contributed by atoms with Crippen molar-refractivity contribution in [3.63, 3.8) is 0 Å². The molecule has 0 spiro atoms. The molecule has 1 unspecified atom stereocenters. The van der Waals surface area contributed by atoms with E-state index in [1.54, 1.807) is 11.3 Å². The number of aryl methyl sites for hydroxylation is 1. The molecule has 0 radical (unpaired) electrons. The highest BCUT2D eigenvalue weighted by atomic mass is 32.1. The maximum Gasteiger partial charge on any atom is 0.180 e. The number of benzene rings is 1. The van der Waals surface area contributed by atoms with Crippen LogP contribution in [0.3, 0.4) is 0 Å². The molecule has 0 aliphatic carbocycles. The van der Waals surface area contributed by atoms with Crippen molar-refractivity contribution in [2.24, 2.45) is 0 Å². The van der Waals surface area contributed by atoms with Crippen LogP contribution in [0.25, 0.3) is 11.3 Å². The van der Waals surface area contributed by atoms with Crippen molar-refractivity contribution in [3.8, 4) is 11.3 Å². The minimum absolute atomic E-state index is 0.616. The van der Waals surface area contributed by atoms with E-state index in [2.05, 4.69) is 50.0 Å². The van der Waals surface area contributed by atoms with Gasteiger partial charge in [0.05, 0.1) is 5.69 Å². The summed E-state index contributed by atoms with van der Waals surface area (Å²) in [4.78, 5) is 5.55. The highest BCUT2D eigenvalue weighted by molar-refractivity contribution is 7.15. The van der Waals surface area contributed by atoms with Gasteiger partial charge in [0.1, 0.15) is 0 Å². The van der Waals surface area contributed by atoms with Gasteiger partial charge in [-0.25, -0.2) is 4.98 Å². The molecule has 1 aromatic heterocycles. The molecule has 0 amide bonds. The Labute approximate surface area is 107 Å². The van der Waals surface area contributed by atoms with Crippen LogP contribution in [-0.4, -0.2) is 4.98 Å². The maximum absolute atomic E-state index is 5.72. The zero-order valence-corrected chi connectivity index (χ0v) is 11.3. The number of thiazole rings is 1. The van der Waals surface area contributed by atoms with Gasteiger partial charge in [0.15, 0.2) is 5.13 Å². The number of nitrogen functional groups attached to an aromatic ring is 1. The Morgan fingerprint density at radius 2 is 1.94 bits per heavy atom. The molecule has 1 atom stereocenters. The Kier molecular flexibility index (Phi) is 3.48. The minimum Gasteiger partial charge on any atom is -0.375 e. The van der Waals surface area contributed by atoms with Crippen molar-refractivity contribution in [2.75, 3.05) is 5.73 Å². The van der Waals surface area contributed by atoms with E-state index in [4.69, 9.17) is 5.73 Å². The number of rotatable bonds is 3. The van der Waals surface area contributed by atoms with Gasteiger partial charge in [-0.2, -0.15) is 0 Å². The molecule has 0 saturated carbocycles. The largest absolute Gasteiger partial charge is 0.375 e. The first-order valence-electron chi connectivity index (χ1n) is 5.95. The second-order valence-electron chi connectivity index (χ2n) is 4.39. The molecule has 1 heterocycles. The Morgan fingerprint density at radius 1 is 1.29 bits per heavy atom. The predicted octanol–water partition coefficient (Wildman–Crippen LogP) is 4.21. The van der Waals surface area contributed by atoms with E-state index in [9.17, 15) is 0 Å². The molecule has 0 saturated heterocycles. The summed E-state index contributed by atoms with van der Waals surface area (Å²) in [5.41, 5.74) is 9.28. The smallest absolute Gasteiger partial charge is 0.180 e. The maximum atomic E-state index is 5.72. The molecule has 0 aliphatic rings. The summed E-state index contributed by atoms with van der Waals surface area (Å²) >= 11 is 1.55. The van der Waals surface area contributed by atoms with Crippen molar-refractivity contribution in [3.05, 3.63) is 34.7 Å². The molecular formula is C14H18N2S. The van der Waals surface area contributed by atoms with Gasteiger partial charge in [-0.05, 0) is 24.8 Å². The number of aromatic nitrogens is 1. The Hall–Kier alpha value is -1.35. The van der Waals surface area contributed by atoms with E-state index >= 15 is 0 Å². The third-order valence-electron chi connectivity index (χ3n) is 3.18. The molecule has 0 aliphatic heterocycles. The average molecular weight is 246 g/mol. The highest BCUT2D eigenvalue weighted by Gasteiger charge is 2.09. The second-order valence-corrected chi connectivity index (χ2v) is 5.62. The van der Waals surface area contributed by atoms with E-state index in [1.807, 2.05) is 0 Å². The van der Waals surface area contributed by atoms with Crippen LogP contribution in [0, 0.1) is 6.92 Å². The fourth-order valence-electron chi connectivity index (χ4n) is 1.89. The van der Waals surface area contributed by atoms with Gasteiger partial charge in [-0.15, -0.1) is 11.3 Å². The first-order chi connectivity index (χ1) is 8.11. The predicted molar refractivity (Wildman–Crippen MR) is 75.4 cm³/mol. The molecule has 1 aromatic carbocycles. The molecule has 2 nitrogen and oxygen atoms in total. The number of nitrogens with two attached hydrogens (primary N) is 1. The first kappa shape index (κ1) is 12.1. The standard InChI is InChI=1S/C14H18N2S/c1-4-9(2)11-5-7-12(8-6-11)13-10(3)17-14(15)16-13/h5-9H,4H2,1-3H3,(H2,15,16). The first-order valence-corrected chi connectivity index (χ1v) is 6.76. The Morgan fingerprint density at radius 3 is 2.41 bits per heavy atom. The molecule has 2 N–H and O–H groups in total. The Balaban J connectivity index is 2.32. The summed E-state index contributed by atoms with van der Waals surface area (Å²) in [6, 6.07) is 8.67. The van der Waals surface area contributed by atoms with Gasteiger partial charge < -0.3 is 5.73 Å². The van der Waals surface area contributed by atoms with Crippen LogP contribution in [-0.2, 0) is 0 Å². The average Bonchev–Trinajstić information content (AvgIpc) is 2.68. The summed E-state index contributed by atoms with van der Waals surface area (Å²) < 4.78 is 0. The molecule has 90 valence electrons. The van der Waals surface area contributed by atoms with Crippen LogP contribution >= 0.6 is 11.3 Å². The topological polar surface area (TPSA) is 38.9 Å². The normalized spacial score (nSPS) is 12.6. The monoisotopic (exact) mass is 246 g/mol. The van der Waals surface area contributed by atoms with Crippen molar-refractivity contribution in [2.45, 2.75) is 33.1 Å². The van der Waals surface area contributed by atoms with E-state index in [-0.39, 0.29) is 0 Å². The van der Waals surface area contributed by atoms with E-state index < -0.39 is 0 Å².